The van der Waals surface area contributed by atoms with Crippen LogP contribution < -0.4 is 5.32 Å². The second-order valence-corrected chi connectivity index (χ2v) is 6.48. The van der Waals surface area contributed by atoms with Crippen molar-refractivity contribution in [1.82, 2.24) is 5.32 Å². The van der Waals surface area contributed by atoms with Gasteiger partial charge in [-0.25, -0.2) is 4.79 Å². The number of hydrogen-bond acceptors (Lipinski definition) is 4. The number of fused-ring (bicyclic) bond motifs is 1. The number of carbonyl (C=O) groups is 2. The molecule has 1 aromatic carbocycles. The second-order valence-electron chi connectivity index (χ2n) is 5.21. The summed E-state index contributed by atoms with van der Waals surface area (Å²) in [6, 6.07) is 7.05. The van der Waals surface area contributed by atoms with Crippen LogP contribution in [0.3, 0.4) is 0 Å². The molecule has 2 unspecified atom stereocenters. The Morgan fingerprint density at radius 1 is 1.33 bits per heavy atom. The van der Waals surface area contributed by atoms with E-state index < -0.39 is 18.1 Å². The van der Waals surface area contributed by atoms with Crippen molar-refractivity contribution >= 4 is 23.6 Å². The Morgan fingerprint density at radius 2 is 1.95 bits per heavy atom. The lowest BCUT2D eigenvalue weighted by molar-refractivity contribution is -0.140. The lowest BCUT2D eigenvalue weighted by Crippen LogP contribution is -2.43. The Kier molecular flexibility index (Phi) is 5.25. The van der Waals surface area contributed by atoms with Crippen LogP contribution in [0.2, 0.25) is 0 Å². The summed E-state index contributed by atoms with van der Waals surface area (Å²) in [4.78, 5) is 22.1. The van der Waals surface area contributed by atoms with Gasteiger partial charge in [0.15, 0.2) is 0 Å². The van der Waals surface area contributed by atoms with E-state index in [-0.39, 0.29) is 16.9 Å². The Hall–Kier alpha value is -1.53. The zero-order valence-corrected chi connectivity index (χ0v) is 12.6. The van der Waals surface area contributed by atoms with Crippen LogP contribution in [0.4, 0.5) is 0 Å². The fraction of sp³-hybridized carbons (Fsp3) is 0.467. The Labute approximate surface area is 127 Å². The number of carboxylic acids is 1. The molecule has 0 spiro atoms. The van der Waals surface area contributed by atoms with Crippen LogP contribution in [0.1, 0.15) is 18.1 Å². The number of rotatable bonds is 5. The van der Waals surface area contributed by atoms with Gasteiger partial charge in [0.25, 0.3) is 0 Å². The minimum Gasteiger partial charge on any atom is -0.480 e. The maximum Gasteiger partial charge on any atom is 0.327 e. The lowest BCUT2D eigenvalue weighted by atomic mass is 9.89. The normalized spacial score (nSPS) is 22.2. The summed E-state index contributed by atoms with van der Waals surface area (Å²) in [5.74, 6) is -1.17. The summed E-state index contributed by atoms with van der Waals surface area (Å²) in [6.07, 6.45) is 0.816. The van der Waals surface area contributed by atoms with Crippen molar-refractivity contribution in [2.75, 3.05) is 5.75 Å². The number of carbonyl (C=O) groups excluding carboxylic acids is 1. The van der Waals surface area contributed by atoms with Gasteiger partial charge in [-0.05, 0) is 24.0 Å². The number of aliphatic hydroxyl groups excluding tert-OH is 1. The molecule has 2 rings (SSSR count). The van der Waals surface area contributed by atoms with Crippen LogP contribution >= 0.6 is 11.8 Å². The Balaban J connectivity index is 1.97. The van der Waals surface area contributed by atoms with Crippen LogP contribution in [-0.4, -0.2) is 45.2 Å². The van der Waals surface area contributed by atoms with Crippen LogP contribution in [0.25, 0.3) is 0 Å². The van der Waals surface area contributed by atoms with E-state index in [9.17, 15) is 14.7 Å². The molecule has 0 aliphatic heterocycles. The molecule has 1 aliphatic carbocycles. The van der Waals surface area contributed by atoms with Crippen LogP contribution in [-0.2, 0) is 22.4 Å². The lowest BCUT2D eigenvalue weighted by Gasteiger charge is -2.30. The van der Waals surface area contributed by atoms with Crippen molar-refractivity contribution < 1.29 is 19.8 Å². The second kappa shape index (κ2) is 6.95. The van der Waals surface area contributed by atoms with Gasteiger partial charge >= 0.3 is 5.97 Å². The third kappa shape index (κ3) is 4.22. The predicted molar refractivity (Wildman–Crippen MR) is 81.3 cm³/mol. The van der Waals surface area contributed by atoms with E-state index in [0.717, 1.165) is 5.56 Å². The van der Waals surface area contributed by atoms with Gasteiger partial charge in [-0.15, -0.1) is 0 Å². The molecular weight excluding hydrogens is 290 g/mol. The first-order valence-electron chi connectivity index (χ1n) is 6.83. The number of aliphatic hydroxyl groups is 1. The fourth-order valence-corrected chi connectivity index (χ4v) is 3.76. The highest BCUT2D eigenvalue weighted by Gasteiger charge is 2.29. The summed E-state index contributed by atoms with van der Waals surface area (Å²) < 4.78 is 0. The molecule has 1 aromatic rings. The molecule has 21 heavy (non-hydrogen) atoms. The monoisotopic (exact) mass is 309 g/mol. The summed E-state index contributed by atoms with van der Waals surface area (Å²) in [6.45, 7) is 1.30. The van der Waals surface area contributed by atoms with Gasteiger partial charge < -0.3 is 15.5 Å². The van der Waals surface area contributed by atoms with Crippen LogP contribution in [0.15, 0.2) is 24.3 Å². The van der Waals surface area contributed by atoms with Crippen molar-refractivity contribution in [2.24, 2.45) is 0 Å². The molecular formula is C15H19NO4S. The van der Waals surface area contributed by atoms with Crippen molar-refractivity contribution in [3.8, 4) is 0 Å². The molecule has 0 saturated heterocycles. The molecule has 0 heterocycles. The molecule has 114 valence electrons. The highest BCUT2D eigenvalue weighted by Crippen LogP contribution is 2.29. The van der Waals surface area contributed by atoms with Crippen molar-refractivity contribution in [3.63, 3.8) is 0 Å². The van der Waals surface area contributed by atoms with Gasteiger partial charge in [-0.1, -0.05) is 24.3 Å². The molecule has 1 aliphatic rings. The van der Waals surface area contributed by atoms with Crippen molar-refractivity contribution in [2.45, 2.75) is 37.2 Å². The Bertz CT molecular complexity index is 534. The van der Waals surface area contributed by atoms with Crippen LogP contribution in [0, 0.1) is 0 Å². The molecule has 0 aromatic heterocycles. The molecule has 0 saturated carbocycles. The molecule has 3 N–H and O–H groups in total. The zero-order chi connectivity index (χ0) is 15.4. The minimum absolute atomic E-state index is 0.0458. The minimum atomic E-state index is -1.05. The van der Waals surface area contributed by atoms with Gasteiger partial charge in [0.1, 0.15) is 6.04 Å². The van der Waals surface area contributed by atoms with E-state index in [1.165, 1.54) is 24.2 Å². The first-order chi connectivity index (χ1) is 9.97. The maximum atomic E-state index is 11.1. The quantitative estimate of drug-likeness (QED) is 0.750. The largest absolute Gasteiger partial charge is 0.480 e. The van der Waals surface area contributed by atoms with E-state index in [2.05, 4.69) is 5.32 Å². The number of aliphatic carboxylic acids is 1. The first kappa shape index (κ1) is 15.9. The molecule has 6 heteroatoms. The first-order valence-corrected chi connectivity index (χ1v) is 7.88. The number of thioether (sulfide) groups is 1. The van der Waals surface area contributed by atoms with Crippen molar-refractivity contribution in [1.29, 1.82) is 0 Å². The fourth-order valence-electron chi connectivity index (χ4n) is 2.48. The highest BCUT2D eigenvalue weighted by molar-refractivity contribution is 8.00. The summed E-state index contributed by atoms with van der Waals surface area (Å²) in [5, 5.41) is 21.6. The average Bonchev–Trinajstić information content (AvgIpc) is 2.42. The van der Waals surface area contributed by atoms with E-state index in [1.807, 2.05) is 24.3 Å². The summed E-state index contributed by atoms with van der Waals surface area (Å²) >= 11 is 1.40. The predicted octanol–water partition coefficient (Wildman–Crippen LogP) is 0.837. The van der Waals surface area contributed by atoms with Gasteiger partial charge in [0, 0.05) is 17.9 Å². The van der Waals surface area contributed by atoms with Gasteiger partial charge in [0.2, 0.25) is 5.91 Å². The third-order valence-corrected chi connectivity index (χ3v) is 4.99. The zero-order valence-electron chi connectivity index (χ0n) is 11.8. The molecule has 1 amide bonds. The highest BCUT2D eigenvalue weighted by atomic mass is 32.2. The number of benzene rings is 1. The molecule has 0 fully saturated rings. The Morgan fingerprint density at radius 3 is 2.52 bits per heavy atom. The van der Waals surface area contributed by atoms with Crippen molar-refractivity contribution in [3.05, 3.63) is 35.4 Å². The molecule has 5 nitrogen and oxygen atoms in total. The van der Waals surface area contributed by atoms with Crippen LogP contribution in [0.5, 0.6) is 0 Å². The number of amides is 1. The standard InChI is InChI=1S/C15H19NO4S/c1-9(17)16-12(15(19)20)8-21-14-7-11-5-3-2-4-10(11)6-13(14)18/h2-5,12-14,18H,6-8H2,1H3,(H,16,17)(H,19,20)/t12-,13?,14?/m0/s1. The summed E-state index contributed by atoms with van der Waals surface area (Å²) in [7, 11) is 0. The van der Waals surface area contributed by atoms with Gasteiger partial charge in [-0.3, -0.25) is 4.79 Å². The molecule has 3 atom stereocenters. The third-order valence-electron chi connectivity index (χ3n) is 3.55. The molecule has 0 radical (unpaired) electrons. The smallest absolute Gasteiger partial charge is 0.327 e. The van der Waals surface area contributed by atoms with E-state index in [4.69, 9.17) is 5.11 Å². The van der Waals surface area contributed by atoms with E-state index in [1.54, 1.807) is 0 Å². The summed E-state index contributed by atoms with van der Waals surface area (Å²) in [5.41, 5.74) is 2.35. The number of carboxylic acid groups (broad SMARTS) is 1. The SMILES string of the molecule is CC(=O)N[C@@H](CSC1Cc2ccccc2CC1O)C(=O)O. The van der Waals surface area contributed by atoms with Gasteiger partial charge in [-0.2, -0.15) is 11.8 Å². The average molecular weight is 309 g/mol. The van der Waals surface area contributed by atoms with E-state index >= 15 is 0 Å². The number of nitrogens with one attached hydrogen (secondary N) is 1. The molecule has 0 bridgehead atoms. The maximum absolute atomic E-state index is 11.1. The van der Waals surface area contributed by atoms with Gasteiger partial charge in [0.05, 0.1) is 6.10 Å². The number of hydrogen-bond donors (Lipinski definition) is 3. The van der Waals surface area contributed by atoms with E-state index in [0.29, 0.717) is 12.8 Å². The topological polar surface area (TPSA) is 86.6 Å².